The minimum Gasteiger partial charge on any atom is -0.497 e. The van der Waals surface area contributed by atoms with Crippen LogP contribution < -0.4 is 14.8 Å². The highest BCUT2D eigenvalue weighted by Crippen LogP contribution is 2.31. The Bertz CT molecular complexity index is 980. The van der Waals surface area contributed by atoms with E-state index in [4.69, 9.17) is 9.47 Å². The lowest BCUT2D eigenvalue weighted by atomic mass is 10.1. The van der Waals surface area contributed by atoms with E-state index in [1.807, 2.05) is 0 Å². The first-order valence-corrected chi connectivity index (χ1v) is 8.02. The number of nitrogens with one attached hydrogen (secondary N) is 1. The van der Waals surface area contributed by atoms with Crippen LogP contribution in [0.25, 0.3) is 0 Å². The Morgan fingerprint density at radius 2 is 1.75 bits per heavy atom. The average Bonchev–Trinajstić information content (AvgIpc) is 2.92. The molecule has 0 aromatic heterocycles. The SMILES string of the molecule is COc1cc(NC(=O)CN2C(=O)c3cccc([N+](=O)[O-])c3C2=O)cc(OC)c1. The van der Waals surface area contributed by atoms with E-state index in [2.05, 4.69) is 5.32 Å². The zero-order chi connectivity index (χ0) is 20.4. The van der Waals surface area contributed by atoms with Gasteiger partial charge in [0, 0.05) is 30.0 Å². The van der Waals surface area contributed by atoms with Crippen LogP contribution in [-0.2, 0) is 4.79 Å². The smallest absolute Gasteiger partial charge is 0.282 e. The van der Waals surface area contributed by atoms with E-state index in [1.54, 1.807) is 6.07 Å². The molecule has 0 atom stereocenters. The van der Waals surface area contributed by atoms with Crippen LogP contribution in [0, 0.1) is 10.1 Å². The summed E-state index contributed by atoms with van der Waals surface area (Å²) in [4.78, 5) is 48.3. The highest BCUT2D eigenvalue weighted by atomic mass is 16.6. The highest BCUT2D eigenvalue weighted by Gasteiger charge is 2.41. The van der Waals surface area contributed by atoms with Crippen LogP contribution in [0.1, 0.15) is 20.7 Å². The van der Waals surface area contributed by atoms with Crippen molar-refractivity contribution in [3.63, 3.8) is 0 Å². The zero-order valence-electron chi connectivity index (χ0n) is 14.9. The molecule has 0 saturated carbocycles. The molecule has 1 aliphatic heterocycles. The number of rotatable bonds is 6. The number of carbonyl (C=O) groups excluding carboxylic acids is 3. The largest absolute Gasteiger partial charge is 0.497 e. The molecule has 10 nitrogen and oxygen atoms in total. The van der Waals surface area contributed by atoms with E-state index in [0.29, 0.717) is 22.1 Å². The van der Waals surface area contributed by atoms with Gasteiger partial charge < -0.3 is 14.8 Å². The summed E-state index contributed by atoms with van der Waals surface area (Å²) in [6.45, 7) is -0.594. The van der Waals surface area contributed by atoms with Gasteiger partial charge in [-0.15, -0.1) is 0 Å². The number of nitro benzene ring substituents is 1. The lowest BCUT2D eigenvalue weighted by molar-refractivity contribution is -0.385. The van der Waals surface area contributed by atoms with E-state index in [0.717, 1.165) is 6.07 Å². The van der Waals surface area contributed by atoms with Crippen molar-refractivity contribution in [3.05, 3.63) is 57.6 Å². The number of ether oxygens (including phenoxy) is 2. The number of imide groups is 1. The maximum absolute atomic E-state index is 12.5. The number of benzene rings is 2. The third kappa shape index (κ3) is 3.34. The molecule has 0 radical (unpaired) electrons. The summed E-state index contributed by atoms with van der Waals surface area (Å²) >= 11 is 0. The van der Waals surface area contributed by atoms with Crippen molar-refractivity contribution < 1.29 is 28.8 Å². The minimum atomic E-state index is -0.884. The van der Waals surface area contributed by atoms with Crippen molar-refractivity contribution in [2.45, 2.75) is 0 Å². The first kappa shape index (κ1) is 18.8. The van der Waals surface area contributed by atoms with Crippen LogP contribution in [0.2, 0.25) is 0 Å². The fourth-order valence-electron chi connectivity index (χ4n) is 2.84. The number of anilines is 1. The lowest BCUT2D eigenvalue weighted by Gasteiger charge is -2.14. The molecular formula is C18H15N3O7. The number of hydrogen-bond donors (Lipinski definition) is 1. The number of hydrogen-bond acceptors (Lipinski definition) is 7. The Kier molecular flexibility index (Phi) is 4.94. The molecular weight excluding hydrogens is 370 g/mol. The maximum Gasteiger partial charge on any atom is 0.282 e. The number of fused-ring (bicyclic) bond motifs is 1. The van der Waals surface area contributed by atoms with Gasteiger partial charge in [-0.1, -0.05) is 6.07 Å². The van der Waals surface area contributed by atoms with Gasteiger partial charge in [0.15, 0.2) is 0 Å². The predicted molar refractivity (Wildman–Crippen MR) is 96.6 cm³/mol. The van der Waals surface area contributed by atoms with Crippen molar-refractivity contribution in [1.29, 1.82) is 0 Å². The summed E-state index contributed by atoms with van der Waals surface area (Å²) in [7, 11) is 2.90. The maximum atomic E-state index is 12.5. The molecule has 3 rings (SSSR count). The van der Waals surface area contributed by atoms with Crippen LogP contribution in [0.4, 0.5) is 11.4 Å². The summed E-state index contributed by atoms with van der Waals surface area (Å²) in [6.07, 6.45) is 0. The molecule has 10 heteroatoms. The topological polar surface area (TPSA) is 128 Å². The lowest BCUT2D eigenvalue weighted by Crippen LogP contribution is -2.37. The van der Waals surface area contributed by atoms with Crippen molar-refractivity contribution in [2.24, 2.45) is 0 Å². The molecule has 3 amide bonds. The fourth-order valence-corrected chi connectivity index (χ4v) is 2.84. The van der Waals surface area contributed by atoms with E-state index < -0.39 is 34.9 Å². The first-order valence-electron chi connectivity index (χ1n) is 8.02. The predicted octanol–water partition coefficient (Wildman–Crippen LogP) is 1.85. The summed E-state index contributed by atoms with van der Waals surface area (Å²) in [5.41, 5.74) is -0.552. The molecule has 28 heavy (non-hydrogen) atoms. The van der Waals surface area contributed by atoms with E-state index in [1.165, 1.54) is 38.5 Å². The van der Waals surface area contributed by atoms with Gasteiger partial charge in [0.1, 0.15) is 23.6 Å². The molecule has 1 aliphatic rings. The molecule has 0 saturated heterocycles. The molecule has 144 valence electrons. The Morgan fingerprint density at radius 3 is 2.32 bits per heavy atom. The third-order valence-corrected chi connectivity index (χ3v) is 4.11. The Hall–Kier alpha value is -3.95. The fraction of sp³-hybridized carbons (Fsp3) is 0.167. The summed E-state index contributed by atoms with van der Waals surface area (Å²) < 4.78 is 10.2. The van der Waals surface area contributed by atoms with Crippen LogP contribution in [0.15, 0.2) is 36.4 Å². The Balaban J connectivity index is 1.80. The number of nitrogens with zero attached hydrogens (tertiary/aromatic N) is 2. The zero-order valence-corrected chi connectivity index (χ0v) is 14.9. The monoisotopic (exact) mass is 385 g/mol. The molecule has 0 aliphatic carbocycles. The summed E-state index contributed by atoms with van der Waals surface area (Å²) in [5.74, 6) is -1.43. The molecule has 1 heterocycles. The van der Waals surface area contributed by atoms with E-state index in [9.17, 15) is 24.5 Å². The van der Waals surface area contributed by atoms with Crippen LogP contribution in [-0.4, -0.2) is 48.3 Å². The van der Waals surface area contributed by atoms with Gasteiger partial charge in [0.2, 0.25) is 5.91 Å². The van der Waals surface area contributed by atoms with Gasteiger partial charge in [-0.2, -0.15) is 0 Å². The Labute approximate surface area is 158 Å². The average molecular weight is 385 g/mol. The first-order chi connectivity index (χ1) is 13.3. The second kappa shape index (κ2) is 7.35. The van der Waals surface area contributed by atoms with Gasteiger partial charge in [0.05, 0.1) is 24.7 Å². The molecule has 0 spiro atoms. The van der Waals surface area contributed by atoms with Crippen molar-refractivity contribution >= 4 is 29.1 Å². The number of carbonyl (C=O) groups is 3. The number of amides is 3. The normalized spacial score (nSPS) is 12.6. The molecule has 2 aromatic carbocycles. The van der Waals surface area contributed by atoms with Crippen molar-refractivity contribution in [1.82, 2.24) is 4.90 Å². The van der Waals surface area contributed by atoms with Gasteiger partial charge in [-0.25, -0.2) is 0 Å². The minimum absolute atomic E-state index is 0.102. The van der Waals surface area contributed by atoms with Crippen molar-refractivity contribution in [3.8, 4) is 11.5 Å². The van der Waals surface area contributed by atoms with E-state index in [-0.39, 0.29) is 11.1 Å². The van der Waals surface area contributed by atoms with Crippen molar-refractivity contribution in [2.75, 3.05) is 26.1 Å². The molecule has 2 aromatic rings. The van der Waals surface area contributed by atoms with Crippen LogP contribution >= 0.6 is 0 Å². The van der Waals surface area contributed by atoms with Crippen LogP contribution in [0.3, 0.4) is 0 Å². The quantitative estimate of drug-likeness (QED) is 0.456. The van der Waals surface area contributed by atoms with E-state index >= 15 is 0 Å². The number of nitro groups is 1. The highest BCUT2D eigenvalue weighted by molar-refractivity contribution is 6.24. The van der Waals surface area contributed by atoms with Gasteiger partial charge >= 0.3 is 0 Å². The van der Waals surface area contributed by atoms with Gasteiger partial charge in [-0.3, -0.25) is 29.4 Å². The third-order valence-electron chi connectivity index (χ3n) is 4.11. The molecule has 0 fully saturated rings. The van der Waals surface area contributed by atoms with Crippen LogP contribution in [0.5, 0.6) is 11.5 Å². The summed E-state index contributed by atoms with van der Waals surface area (Å²) in [6, 6.07) is 8.44. The van der Waals surface area contributed by atoms with Gasteiger partial charge in [-0.05, 0) is 6.07 Å². The molecule has 0 unspecified atom stereocenters. The summed E-state index contributed by atoms with van der Waals surface area (Å²) in [5, 5.41) is 13.7. The second-order valence-corrected chi connectivity index (χ2v) is 5.80. The van der Waals surface area contributed by atoms with Gasteiger partial charge in [0.25, 0.3) is 17.5 Å². The Morgan fingerprint density at radius 1 is 1.11 bits per heavy atom. The second-order valence-electron chi connectivity index (χ2n) is 5.80. The molecule has 1 N–H and O–H groups in total. The standard InChI is InChI=1S/C18H15N3O7/c1-27-11-6-10(7-12(8-11)28-2)19-15(22)9-20-17(23)13-4-3-5-14(21(25)26)16(13)18(20)24/h3-8H,9H2,1-2H3,(H,19,22). The molecule has 0 bridgehead atoms. The number of methoxy groups -OCH3 is 2.